The monoisotopic (exact) mass is 182 g/mol. The van der Waals surface area contributed by atoms with Gasteiger partial charge in [-0.2, -0.15) is 0 Å². The van der Waals surface area contributed by atoms with Crippen LogP contribution in [0.15, 0.2) is 0 Å². The SMILES string of the molecule is CN1CCCC1CC1(N)CCCC1. The molecule has 13 heavy (non-hydrogen) atoms. The zero-order chi connectivity index (χ0) is 9.31. The Morgan fingerprint density at radius 2 is 2.00 bits per heavy atom. The molecule has 0 aromatic rings. The van der Waals surface area contributed by atoms with Crippen LogP contribution >= 0.6 is 0 Å². The van der Waals surface area contributed by atoms with Crippen molar-refractivity contribution in [2.45, 2.75) is 56.5 Å². The summed E-state index contributed by atoms with van der Waals surface area (Å²) in [5.41, 5.74) is 6.57. The van der Waals surface area contributed by atoms with E-state index in [2.05, 4.69) is 11.9 Å². The zero-order valence-corrected chi connectivity index (χ0v) is 8.76. The predicted molar refractivity (Wildman–Crippen MR) is 55.7 cm³/mol. The van der Waals surface area contributed by atoms with E-state index < -0.39 is 0 Å². The van der Waals surface area contributed by atoms with Gasteiger partial charge in [-0.1, -0.05) is 12.8 Å². The number of nitrogens with two attached hydrogens (primary N) is 1. The molecule has 1 aliphatic carbocycles. The minimum absolute atomic E-state index is 0.198. The smallest absolute Gasteiger partial charge is 0.0169 e. The van der Waals surface area contributed by atoms with Gasteiger partial charge in [-0.05, 0) is 45.7 Å². The molecule has 2 N–H and O–H groups in total. The predicted octanol–water partition coefficient (Wildman–Crippen LogP) is 1.74. The quantitative estimate of drug-likeness (QED) is 0.705. The standard InChI is InChI=1S/C11H22N2/c1-13-8-4-5-10(13)9-11(12)6-2-3-7-11/h10H,2-9,12H2,1H3. The fraction of sp³-hybridized carbons (Fsp3) is 1.00. The van der Waals surface area contributed by atoms with Crippen LogP contribution in [0.1, 0.15) is 44.9 Å². The number of rotatable bonds is 2. The van der Waals surface area contributed by atoms with Crippen molar-refractivity contribution in [2.24, 2.45) is 5.73 Å². The van der Waals surface area contributed by atoms with Crippen LogP contribution < -0.4 is 5.73 Å². The summed E-state index contributed by atoms with van der Waals surface area (Å²) >= 11 is 0. The van der Waals surface area contributed by atoms with Gasteiger partial charge in [-0.25, -0.2) is 0 Å². The van der Waals surface area contributed by atoms with Gasteiger partial charge in [-0.3, -0.25) is 0 Å². The molecule has 0 bridgehead atoms. The van der Waals surface area contributed by atoms with E-state index in [1.807, 2.05) is 0 Å². The molecule has 1 heterocycles. The second kappa shape index (κ2) is 3.58. The Labute approximate surface area is 81.5 Å². The molecule has 2 nitrogen and oxygen atoms in total. The van der Waals surface area contributed by atoms with Crippen LogP contribution in [0, 0.1) is 0 Å². The van der Waals surface area contributed by atoms with E-state index in [0.29, 0.717) is 0 Å². The van der Waals surface area contributed by atoms with Gasteiger partial charge in [0.2, 0.25) is 0 Å². The van der Waals surface area contributed by atoms with Crippen molar-refractivity contribution in [1.29, 1.82) is 0 Å². The molecular formula is C11H22N2. The number of hydrogen-bond donors (Lipinski definition) is 1. The van der Waals surface area contributed by atoms with Gasteiger partial charge in [-0.15, -0.1) is 0 Å². The fourth-order valence-electron chi connectivity index (χ4n) is 2.99. The molecule has 0 spiro atoms. The van der Waals surface area contributed by atoms with E-state index in [1.165, 1.54) is 51.5 Å². The minimum atomic E-state index is 0.198. The van der Waals surface area contributed by atoms with E-state index >= 15 is 0 Å². The lowest BCUT2D eigenvalue weighted by Crippen LogP contribution is -2.42. The van der Waals surface area contributed by atoms with E-state index in [1.54, 1.807) is 0 Å². The second-order valence-electron chi connectivity index (χ2n) is 5.05. The van der Waals surface area contributed by atoms with Crippen molar-refractivity contribution >= 4 is 0 Å². The summed E-state index contributed by atoms with van der Waals surface area (Å²) in [4.78, 5) is 2.49. The summed E-state index contributed by atoms with van der Waals surface area (Å²) in [5, 5.41) is 0. The van der Waals surface area contributed by atoms with Gasteiger partial charge >= 0.3 is 0 Å². The number of nitrogens with zero attached hydrogens (tertiary/aromatic N) is 1. The first kappa shape index (κ1) is 9.47. The van der Waals surface area contributed by atoms with Gasteiger partial charge < -0.3 is 10.6 Å². The van der Waals surface area contributed by atoms with Crippen LogP contribution in [0.25, 0.3) is 0 Å². The van der Waals surface area contributed by atoms with Crippen LogP contribution in [-0.4, -0.2) is 30.1 Å². The van der Waals surface area contributed by atoms with Crippen LogP contribution in [0.5, 0.6) is 0 Å². The molecule has 1 saturated carbocycles. The summed E-state index contributed by atoms with van der Waals surface area (Å²) in [6, 6.07) is 0.781. The molecule has 76 valence electrons. The average molecular weight is 182 g/mol. The summed E-state index contributed by atoms with van der Waals surface area (Å²) in [7, 11) is 2.25. The van der Waals surface area contributed by atoms with Crippen LogP contribution in [-0.2, 0) is 0 Å². The highest BCUT2D eigenvalue weighted by Gasteiger charge is 2.34. The highest BCUT2D eigenvalue weighted by atomic mass is 15.1. The first-order valence-corrected chi connectivity index (χ1v) is 5.69. The largest absolute Gasteiger partial charge is 0.325 e. The van der Waals surface area contributed by atoms with Crippen molar-refractivity contribution in [3.8, 4) is 0 Å². The van der Waals surface area contributed by atoms with Gasteiger partial charge in [0.25, 0.3) is 0 Å². The van der Waals surface area contributed by atoms with Crippen molar-refractivity contribution in [3.05, 3.63) is 0 Å². The molecule has 1 atom stereocenters. The fourth-order valence-corrected chi connectivity index (χ4v) is 2.99. The van der Waals surface area contributed by atoms with Crippen LogP contribution in [0.3, 0.4) is 0 Å². The maximum Gasteiger partial charge on any atom is 0.0169 e. The first-order chi connectivity index (χ1) is 6.20. The highest BCUT2D eigenvalue weighted by molar-refractivity contribution is 4.94. The summed E-state index contributed by atoms with van der Waals surface area (Å²) in [6.07, 6.45) is 9.21. The van der Waals surface area contributed by atoms with E-state index in [4.69, 9.17) is 5.73 Å². The topological polar surface area (TPSA) is 29.3 Å². The Morgan fingerprint density at radius 1 is 1.31 bits per heavy atom. The lowest BCUT2D eigenvalue weighted by Gasteiger charge is -2.30. The molecule has 2 heteroatoms. The molecule has 1 aliphatic heterocycles. The van der Waals surface area contributed by atoms with Gasteiger partial charge in [0.1, 0.15) is 0 Å². The molecule has 0 aromatic carbocycles. The summed E-state index contributed by atoms with van der Waals surface area (Å²) in [6.45, 7) is 1.28. The molecule has 1 unspecified atom stereocenters. The Morgan fingerprint density at radius 3 is 2.54 bits per heavy atom. The first-order valence-electron chi connectivity index (χ1n) is 5.69. The maximum atomic E-state index is 6.37. The number of hydrogen-bond acceptors (Lipinski definition) is 2. The van der Waals surface area contributed by atoms with E-state index in [9.17, 15) is 0 Å². The Bertz CT molecular complexity index is 173. The van der Waals surface area contributed by atoms with Crippen molar-refractivity contribution < 1.29 is 0 Å². The van der Waals surface area contributed by atoms with E-state index in [-0.39, 0.29) is 5.54 Å². The third-order valence-corrected chi connectivity index (χ3v) is 3.91. The molecule has 2 fully saturated rings. The minimum Gasteiger partial charge on any atom is -0.325 e. The lowest BCUT2D eigenvalue weighted by atomic mass is 9.89. The Balaban J connectivity index is 1.88. The number of likely N-dealkylation sites (tertiary alicyclic amines) is 1. The molecule has 0 aromatic heterocycles. The Kier molecular flexibility index (Phi) is 2.61. The third kappa shape index (κ3) is 2.05. The van der Waals surface area contributed by atoms with Crippen molar-refractivity contribution in [3.63, 3.8) is 0 Å². The van der Waals surface area contributed by atoms with Crippen molar-refractivity contribution in [1.82, 2.24) is 4.90 Å². The normalized spacial score (nSPS) is 34.2. The van der Waals surface area contributed by atoms with Crippen LogP contribution in [0.2, 0.25) is 0 Å². The average Bonchev–Trinajstić information content (AvgIpc) is 2.64. The third-order valence-electron chi connectivity index (χ3n) is 3.91. The molecular weight excluding hydrogens is 160 g/mol. The lowest BCUT2D eigenvalue weighted by molar-refractivity contribution is 0.240. The highest BCUT2D eigenvalue weighted by Crippen LogP contribution is 2.34. The molecule has 2 rings (SSSR count). The molecule has 2 aliphatic rings. The molecule has 0 radical (unpaired) electrons. The van der Waals surface area contributed by atoms with Crippen LogP contribution in [0.4, 0.5) is 0 Å². The van der Waals surface area contributed by atoms with Gasteiger partial charge in [0.05, 0.1) is 0 Å². The van der Waals surface area contributed by atoms with Gasteiger partial charge in [0.15, 0.2) is 0 Å². The molecule has 0 amide bonds. The zero-order valence-electron chi connectivity index (χ0n) is 8.76. The van der Waals surface area contributed by atoms with Gasteiger partial charge in [0, 0.05) is 11.6 Å². The van der Waals surface area contributed by atoms with Crippen molar-refractivity contribution in [2.75, 3.05) is 13.6 Å². The summed E-state index contributed by atoms with van der Waals surface area (Å²) in [5.74, 6) is 0. The maximum absolute atomic E-state index is 6.37. The Hall–Kier alpha value is -0.0800. The summed E-state index contributed by atoms with van der Waals surface area (Å²) < 4.78 is 0. The van der Waals surface area contributed by atoms with E-state index in [0.717, 1.165) is 6.04 Å². The second-order valence-corrected chi connectivity index (χ2v) is 5.05. The molecule has 1 saturated heterocycles.